The van der Waals surface area contributed by atoms with Crippen LogP contribution in [0.4, 0.5) is 18.9 Å². The lowest BCUT2D eigenvalue weighted by atomic mass is 9.63. The molecule has 0 saturated heterocycles. The Bertz CT molecular complexity index is 692. The normalized spacial score (nSPS) is 28.6. The van der Waals surface area contributed by atoms with E-state index in [2.05, 4.69) is 10.6 Å². The van der Waals surface area contributed by atoms with E-state index >= 15 is 0 Å². The zero-order chi connectivity index (χ0) is 17.5. The molecule has 0 spiro atoms. The smallest absolute Gasteiger partial charge is 0.380 e. The SMILES string of the molecule is CCOCC1(C(F)(F)F)c2cc(Cl)ccc2NC2C(=O)NC=CC21. The summed E-state index contributed by atoms with van der Waals surface area (Å²) in [6, 6.07) is 3.22. The molecule has 0 aromatic heterocycles. The molecule has 0 radical (unpaired) electrons. The predicted molar refractivity (Wildman–Crippen MR) is 83.9 cm³/mol. The van der Waals surface area contributed by atoms with Gasteiger partial charge in [0.15, 0.2) is 0 Å². The first-order valence-electron chi connectivity index (χ1n) is 7.49. The largest absolute Gasteiger partial charge is 0.401 e. The van der Waals surface area contributed by atoms with E-state index in [0.717, 1.165) is 0 Å². The minimum atomic E-state index is -4.63. The van der Waals surface area contributed by atoms with Crippen molar-refractivity contribution in [1.82, 2.24) is 5.32 Å². The molecule has 2 heterocycles. The number of alkyl halides is 3. The van der Waals surface area contributed by atoms with E-state index in [1.165, 1.54) is 30.5 Å². The molecule has 3 atom stereocenters. The Labute approximate surface area is 142 Å². The van der Waals surface area contributed by atoms with Gasteiger partial charge in [0.25, 0.3) is 0 Å². The molecule has 130 valence electrons. The summed E-state index contributed by atoms with van der Waals surface area (Å²) in [5.41, 5.74) is -2.12. The summed E-state index contributed by atoms with van der Waals surface area (Å²) in [5.74, 6) is -1.64. The van der Waals surface area contributed by atoms with Crippen molar-refractivity contribution in [1.29, 1.82) is 0 Å². The van der Waals surface area contributed by atoms with Crippen molar-refractivity contribution < 1.29 is 22.7 Å². The number of carbonyl (C=O) groups is 1. The van der Waals surface area contributed by atoms with Gasteiger partial charge in [-0.1, -0.05) is 17.7 Å². The highest BCUT2D eigenvalue weighted by molar-refractivity contribution is 6.30. The number of nitrogens with one attached hydrogen (secondary N) is 2. The van der Waals surface area contributed by atoms with Gasteiger partial charge in [0, 0.05) is 29.4 Å². The third-order valence-electron chi connectivity index (χ3n) is 4.55. The summed E-state index contributed by atoms with van der Waals surface area (Å²) in [6.45, 7) is 1.18. The van der Waals surface area contributed by atoms with Crippen LogP contribution in [0, 0.1) is 5.92 Å². The van der Waals surface area contributed by atoms with Crippen LogP contribution in [-0.4, -0.2) is 31.3 Å². The fourth-order valence-electron chi connectivity index (χ4n) is 3.42. The number of hydrogen-bond donors (Lipinski definition) is 2. The molecule has 1 aromatic rings. The maximum atomic E-state index is 14.3. The summed E-state index contributed by atoms with van der Waals surface area (Å²) in [7, 11) is 0. The van der Waals surface area contributed by atoms with Gasteiger partial charge in [-0.3, -0.25) is 4.79 Å². The number of anilines is 1. The quantitative estimate of drug-likeness (QED) is 0.870. The van der Waals surface area contributed by atoms with E-state index in [9.17, 15) is 18.0 Å². The molecular weight excluding hydrogens is 345 g/mol. The van der Waals surface area contributed by atoms with Crippen LogP contribution >= 0.6 is 11.6 Å². The number of rotatable bonds is 3. The maximum Gasteiger partial charge on any atom is 0.401 e. The minimum Gasteiger partial charge on any atom is -0.380 e. The third kappa shape index (κ3) is 2.46. The van der Waals surface area contributed by atoms with Gasteiger partial charge in [0.1, 0.15) is 11.5 Å². The van der Waals surface area contributed by atoms with E-state index < -0.39 is 36.1 Å². The van der Waals surface area contributed by atoms with Crippen molar-refractivity contribution in [3.63, 3.8) is 0 Å². The van der Waals surface area contributed by atoms with Gasteiger partial charge >= 0.3 is 6.18 Å². The summed E-state index contributed by atoms with van der Waals surface area (Å²) in [4.78, 5) is 12.1. The summed E-state index contributed by atoms with van der Waals surface area (Å²) < 4.78 is 48.2. The molecule has 4 nitrogen and oxygen atoms in total. The number of fused-ring (bicyclic) bond motifs is 2. The third-order valence-corrected chi connectivity index (χ3v) is 4.79. The molecule has 2 aliphatic rings. The fraction of sp³-hybridized carbons (Fsp3) is 0.438. The molecule has 24 heavy (non-hydrogen) atoms. The molecule has 0 fully saturated rings. The van der Waals surface area contributed by atoms with Crippen molar-refractivity contribution in [2.24, 2.45) is 5.92 Å². The molecule has 0 aliphatic carbocycles. The van der Waals surface area contributed by atoms with Crippen molar-refractivity contribution in [2.75, 3.05) is 18.5 Å². The van der Waals surface area contributed by atoms with Crippen LogP contribution < -0.4 is 10.6 Å². The van der Waals surface area contributed by atoms with Gasteiger partial charge in [-0.25, -0.2) is 0 Å². The highest BCUT2D eigenvalue weighted by atomic mass is 35.5. The van der Waals surface area contributed by atoms with Crippen LogP contribution in [0.1, 0.15) is 12.5 Å². The number of hydrogen-bond acceptors (Lipinski definition) is 3. The van der Waals surface area contributed by atoms with Gasteiger partial charge < -0.3 is 15.4 Å². The van der Waals surface area contributed by atoms with E-state index in [1.54, 1.807) is 6.92 Å². The second kappa shape index (κ2) is 5.97. The molecule has 2 aliphatic heterocycles. The van der Waals surface area contributed by atoms with Crippen LogP contribution in [0.5, 0.6) is 0 Å². The molecule has 3 unspecified atom stereocenters. The summed E-state index contributed by atoms with van der Waals surface area (Å²) >= 11 is 5.96. The van der Waals surface area contributed by atoms with Crippen LogP contribution in [0.25, 0.3) is 0 Å². The van der Waals surface area contributed by atoms with Gasteiger partial charge in [0.2, 0.25) is 5.91 Å². The molecule has 1 aromatic carbocycles. The number of halogens is 4. The topological polar surface area (TPSA) is 50.4 Å². The summed E-state index contributed by atoms with van der Waals surface area (Å²) in [5, 5.41) is 5.55. The molecule has 1 amide bonds. The number of amides is 1. The molecular formula is C16H16ClF3N2O2. The highest BCUT2D eigenvalue weighted by Crippen LogP contribution is 2.54. The Hall–Kier alpha value is -1.73. The Morgan fingerprint density at radius 2 is 2.12 bits per heavy atom. The number of carbonyl (C=O) groups excluding carboxylic acids is 1. The number of ether oxygens (including phenoxy) is 1. The Morgan fingerprint density at radius 1 is 1.38 bits per heavy atom. The van der Waals surface area contributed by atoms with Crippen LogP contribution in [0.2, 0.25) is 5.02 Å². The maximum absolute atomic E-state index is 14.3. The lowest BCUT2D eigenvalue weighted by Gasteiger charge is -2.49. The average Bonchev–Trinajstić information content (AvgIpc) is 2.51. The first-order chi connectivity index (χ1) is 11.3. The monoisotopic (exact) mass is 360 g/mol. The summed E-state index contributed by atoms with van der Waals surface area (Å²) in [6.07, 6.45) is -2.00. The first kappa shape index (κ1) is 17.1. The molecule has 2 N–H and O–H groups in total. The van der Waals surface area contributed by atoms with Gasteiger partial charge in [0.05, 0.1) is 6.61 Å². The van der Waals surface area contributed by atoms with Crippen molar-refractivity contribution in [2.45, 2.75) is 24.6 Å². The molecule has 0 bridgehead atoms. The van der Waals surface area contributed by atoms with Crippen LogP contribution in [0.15, 0.2) is 30.5 Å². The molecule has 0 saturated carbocycles. The van der Waals surface area contributed by atoms with Crippen molar-refractivity contribution >= 4 is 23.2 Å². The minimum absolute atomic E-state index is 0.00319. The zero-order valence-corrected chi connectivity index (χ0v) is 13.5. The predicted octanol–water partition coefficient (Wildman–Crippen LogP) is 3.23. The number of benzene rings is 1. The molecule has 3 rings (SSSR count). The Morgan fingerprint density at radius 3 is 2.79 bits per heavy atom. The van der Waals surface area contributed by atoms with Crippen molar-refractivity contribution in [3.8, 4) is 0 Å². The Balaban J connectivity index is 2.28. The standard InChI is InChI=1S/C16H16ClF3N2O2/c1-2-24-8-15(16(18,19)20)10-5-6-21-14(23)13(10)22-12-4-3-9(17)7-11(12)15/h3-7,10,13,22H,2,8H2,1H3,(H,21,23). The highest BCUT2D eigenvalue weighted by Gasteiger charge is 2.65. The first-order valence-corrected chi connectivity index (χ1v) is 7.87. The zero-order valence-electron chi connectivity index (χ0n) is 12.8. The van der Waals surface area contributed by atoms with E-state index in [0.29, 0.717) is 0 Å². The van der Waals surface area contributed by atoms with E-state index in [1.807, 2.05) is 0 Å². The second-order valence-electron chi connectivity index (χ2n) is 5.81. The van der Waals surface area contributed by atoms with Crippen molar-refractivity contribution in [3.05, 3.63) is 41.1 Å². The van der Waals surface area contributed by atoms with E-state index in [-0.39, 0.29) is 22.9 Å². The van der Waals surface area contributed by atoms with Crippen LogP contribution in [-0.2, 0) is 14.9 Å². The fourth-order valence-corrected chi connectivity index (χ4v) is 3.59. The van der Waals surface area contributed by atoms with Crippen LogP contribution in [0.3, 0.4) is 0 Å². The lowest BCUT2D eigenvalue weighted by Crippen LogP contribution is -2.63. The Kier molecular flexibility index (Phi) is 4.25. The second-order valence-corrected chi connectivity index (χ2v) is 6.25. The van der Waals surface area contributed by atoms with Gasteiger partial charge in [-0.05, 0) is 30.7 Å². The van der Waals surface area contributed by atoms with Gasteiger partial charge in [-0.2, -0.15) is 13.2 Å². The van der Waals surface area contributed by atoms with E-state index in [4.69, 9.17) is 16.3 Å². The molecule has 8 heteroatoms. The lowest BCUT2D eigenvalue weighted by molar-refractivity contribution is -0.219. The average molecular weight is 361 g/mol. The van der Waals surface area contributed by atoms with Gasteiger partial charge in [-0.15, -0.1) is 0 Å².